The van der Waals surface area contributed by atoms with Crippen molar-refractivity contribution in [3.8, 4) is 11.8 Å². The molecule has 0 aliphatic heterocycles. The van der Waals surface area contributed by atoms with E-state index < -0.39 is 5.92 Å². The maximum Gasteiger partial charge on any atom is 0.184 e. The summed E-state index contributed by atoms with van der Waals surface area (Å²) in [6.07, 6.45) is 0. The van der Waals surface area contributed by atoms with Crippen LogP contribution >= 0.6 is 0 Å². The number of benzene rings is 2. The molecule has 1 unspecified atom stereocenters. The number of carbonyl (C=O) groups excluding carboxylic acids is 1. The fourth-order valence-corrected chi connectivity index (χ4v) is 2.06. The molecule has 0 amide bonds. The molecule has 0 fully saturated rings. The summed E-state index contributed by atoms with van der Waals surface area (Å²) in [4.78, 5) is 12.4. The summed E-state index contributed by atoms with van der Waals surface area (Å²) in [7, 11) is 1.57. The van der Waals surface area contributed by atoms with E-state index in [-0.39, 0.29) is 5.78 Å². The SMILES string of the molecule is COc1ccc(C(=O)C(C#N)c2cccc(C)c2)cc1. The molecule has 0 heterocycles. The zero-order valence-corrected chi connectivity index (χ0v) is 11.5. The van der Waals surface area contributed by atoms with E-state index in [1.165, 1.54) is 0 Å². The maximum atomic E-state index is 12.4. The van der Waals surface area contributed by atoms with Crippen molar-refractivity contribution < 1.29 is 9.53 Å². The molecular weight excluding hydrogens is 250 g/mol. The summed E-state index contributed by atoms with van der Waals surface area (Å²) in [5.41, 5.74) is 2.28. The Kier molecular flexibility index (Phi) is 4.17. The van der Waals surface area contributed by atoms with E-state index >= 15 is 0 Å². The predicted molar refractivity (Wildman–Crippen MR) is 76.9 cm³/mol. The molecule has 2 rings (SSSR count). The Bertz CT molecular complexity index is 653. The standard InChI is InChI=1S/C17H15NO2/c1-12-4-3-5-14(10-12)16(11-18)17(19)13-6-8-15(20-2)9-7-13/h3-10,16H,1-2H3. The highest BCUT2D eigenvalue weighted by Crippen LogP contribution is 2.22. The number of methoxy groups -OCH3 is 1. The minimum Gasteiger partial charge on any atom is -0.497 e. The molecule has 0 aromatic heterocycles. The fourth-order valence-electron chi connectivity index (χ4n) is 2.06. The lowest BCUT2D eigenvalue weighted by Gasteiger charge is -2.10. The van der Waals surface area contributed by atoms with Crippen molar-refractivity contribution in [1.29, 1.82) is 5.26 Å². The molecule has 20 heavy (non-hydrogen) atoms. The molecule has 0 aliphatic rings. The largest absolute Gasteiger partial charge is 0.497 e. The van der Waals surface area contributed by atoms with E-state index in [2.05, 4.69) is 6.07 Å². The third-order valence-corrected chi connectivity index (χ3v) is 3.14. The van der Waals surface area contributed by atoms with Gasteiger partial charge < -0.3 is 4.74 Å². The molecule has 100 valence electrons. The Hall–Kier alpha value is -2.60. The van der Waals surface area contributed by atoms with Gasteiger partial charge in [0.25, 0.3) is 0 Å². The number of hydrogen-bond donors (Lipinski definition) is 0. The summed E-state index contributed by atoms with van der Waals surface area (Å²) in [6.45, 7) is 1.94. The number of Topliss-reactive ketones (excluding diaryl/α,β-unsaturated/α-hetero) is 1. The van der Waals surface area contributed by atoms with E-state index in [0.29, 0.717) is 11.3 Å². The molecule has 0 saturated carbocycles. The molecule has 2 aromatic rings. The normalized spacial score (nSPS) is 11.4. The van der Waals surface area contributed by atoms with Gasteiger partial charge in [0, 0.05) is 5.56 Å². The fraction of sp³-hybridized carbons (Fsp3) is 0.176. The van der Waals surface area contributed by atoms with Crippen LogP contribution in [-0.4, -0.2) is 12.9 Å². The summed E-state index contributed by atoms with van der Waals surface area (Å²) < 4.78 is 5.06. The predicted octanol–water partition coefficient (Wildman–Crippen LogP) is 3.49. The zero-order valence-electron chi connectivity index (χ0n) is 11.5. The molecule has 1 atom stereocenters. The smallest absolute Gasteiger partial charge is 0.184 e. The van der Waals surface area contributed by atoms with Gasteiger partial charge in [-0.3, -0.25) is 4.79 Å². The van der Waals surface area contributed by atoms with Gasteiger partial charge in [-0.05, 0) is 36.8 Å². The van der Waals surface area contributed by atoms with Crippen molar-refractivity contribution in [3.63, 3.8) is 0 Å². The van der Waals surface area contributed by atoms with Crippen LogP contribution < -0.4 is 4.74 Å². The van der Waals surface area contributed by atoms with E-state index in [9.17, 15) is 10.1 Å². The molecule has 3 nitrogen and oxygen atoms in total. The Labute approximate surface area is 118 Å². The molecule has 0 aliphatic carbocycles. The lowest BCUT2D eigenvalue weighted by molar-refractivity contribution is 0.0979. The minimum atomic E-state index is -0.775. The van der Waals surface area contributed by atoms with E-state index in [0.717, 1.165) is 11.1 Å². The molecule has 0 bridgehead atoms. The van der Waals surface area contributed by atoms with Crippen molar-refractivity contribution >= 4 is 5.78 Å². The third kappa shape index (κ3) is 2.86. The van der Waals surface area contributed by atoms with Crippen LogP contribution in [0.15, 0.2) is 48.5 Å². The van der Waals surface area contributed by atoms with E-state index in [4.69, 9.17) is 4.74 Å². The lowest BCUT2D eigenvalue weighted by atomic mass is 9.91. The van der Waals surface area contributed by atoms with Crippen LogP contribution in [0, 0.1) is 18.3 Å². The van der Waals surface area contributed by atoms with Crippen LogP contribution in [0.25, 0.3) is 0 Å². The van der Waals surface area contributed by atoms with Crippen molar-refractivity contribution in [2.75, 3.05) is 7.11 Å². The van der Waals surface area contributed by atoms with E-state index in [1.54, 1.807) is 31.4 Å². The van der Waals surface area contributed by atoms with Crippen LogP contribution in [0.5, 0.6) is 5.75 Å². The van der Waals surface area contributed by atoms with Gasteiger partial charge in [-0.25, -0.2) is 0 Å². The number of rotatable bonds is 4. The number of ketones is 1. The number of nitriles is 1. The van der Waals surface area contributed by atoms with Gasteiger partial charge in [0.1, 0.15) is 11.7 Å². The highest BCUT2D eigenvalue weighted by Gasteiger charge is 2.21. The van der Waals surface area contributed by atoms with Gasteiger partial charge in [-0.15, -0.1) is 0 Å². The second kappa shape index (κ2) is 6.03. The third-order valence-electron chi connectivity index (χ3n) is 3.14. The summed E-state index contributed by atoms with van der Waals surface area (Å²) >= 11 is 0. The second-order valence-electron chi connectivity index (χ2n) is 4.57. The van der Waals surface area contributed by atoms with Crippen molar-refractivity contribution in [2.24, 2.45) is 0 Å². The first-order valence-corrected chi connectivity index (χ1v) is 6.30. The van der Waals surface area contributed by atoms with Gasteiger partial charge in [-0.2, -0.15) is 5.26 Å². The van der Waals surface area contributed by atoms with Gasteiger partial charge in [-0.1, -0.05) is 29.8 Å². The Morgan fingerprint density at radius 3 is 2.45 bits per heavy atom. The Morgan fingerprint density at radius 1 is 1.20 bits per heavy atom. The van der Waals surface area contributed by atoms with Crippen molar-refractivity contribution in [1.82, 2.24) is 0 Å². The minimum absolute atomic E-state index is 0.194. The molecular formula is C17H15NO2. The van der Waals surface area contributed by atoms with E-state index in [1.807, 2.05) is 31.2 Å². The average Bonchev–Trinajstić information content (AvgIpc) is 2.48. The van der Waals surface area contributed by atoms with Crippen molar-refractivity contribution in [2.45, 2.75) is 12.8 Å². The summed E-state index contributed by atoms with van der Waals surface area (Å²) in [5, 5.41) is 9.31. The first-order valence-electron chi connectivity index (χ1n) is 6.30. The van der Waals surface area contributed by atoms with Crippen molar-refractivity contribution in [3.05, 3.63) is 65.2 Å². The molecule has 0 saturated heterocycles. The highest BCUT2D eigenvalue weighted by atomic mass is 16.5. The van der Waals surface area contributed by atoms with Gasteiger partial charge >= 0.3 is 0 Å². The number of carbonyl (C=O) groups is 1. The first kappa shape index (κ1) is 13.8. The molecule has 3 heteroatoms. The monoisotopic (exact) mass is 265 g/mol. The van der Waals surface area contributed by atoms with Crippen LogP contribution in [-0.2, 0) is 0 Å². The second-order valence-corrected chi connectivity index (χ2v) is 4.57. The van der Waals surface area contributed by atoms with Gasteiger partial charge in [0.2, 0.25) is 0 Å². The van der Waals surface area contributed by atoms with Crippen LogP contribution in [0.2, 0.25) is 0 Å². The average molecular weight is 265 g/mol. The number of hydrogen-bond acceptors (Lipinski definition) is 3. The topological polar surface area (TPSA) is 50.1 Å². The van der Waals surface area contributed by atoms with Gasteiger partial charge in [0.05, 0.1) is 13.2 Å². The molecule has 0 spiro atoms. The molecule has 0 radical (unpaired) electrons. The number of ether oxygens (including phenoxy) is 1. The van der Waals surface area contributed by atoms with Crippen LogP contribution in [0.4, 0.5) is 0 Å². The summed E-state index contributed by atoms with van der Waals surface area (Å²) in [6, 6.07) is 16.4. The number of aryl methyl sites for hydroxylation is 1. The quantitative estimate of drug-likeness (QED) is 0.795. The number of nitrogens with zero attached hydrogens (tertiary/aromatic N) is 1. The molecule has 2 aromatic carbocycles. The lowest BCUT2D eigenvalue weighted by Crippen LogP contribution is -2.11. The Balaban J connectivity index is 2.31. The van der Waals surface area contributed by atoms with Crippen LogP contribution in [0.1, 0.15) is 27.4 Å². The zero-order chi connectivity index (χ0) is 14.5. The Morgan fingerprint density at radius 2 is 1.90 bits per heavy atom. The highest BCUT2D eigenvalue weighted by molar-refractivity contribution is 6.02. The first-order chi connectivity index (χ1) is 9.65. The molecule has 0 N–H and O–H groups in total. The van der Waals surface area contributed by atoms with Gasteiger partial charge in [0.15, 0.2) is 5.78 Å². The van der Waals surface area contributed by atoms with Crippen LogP contribution in [0.3, 0.4) is 0 Å². The maximum absolute atomic E-state index is 12.4. The summed E-state index contributed by atoms with van der Waals surface area (Å²) in [5.74, 6) is -0.283.